The summed E-state index contributed by atoms with van der Waals surface area (Å²) in [6.07, 6.45) is 0.176. The highest BCUT2D eigenvalue weighted by molar-refractivity contribution is 14.1. The third-order valence-electron chi connectivity index (χ3n) is 2.57. The second-order valence-corrected chi connectivity index (χ2v) is 4.96. The van der Waals surface area contributed by atoms with Gasteiger partial charge in [0.2, 0.25) is 0 Å². The molecule has 1 unspecified atom stereocenters. The third-order valence-corrected chi connectivity index (χ3v) is 3.28. The quantitative estimate of drug-likeness (QED) is 0.539. The van der Waals surface area contributed by atoms with E-state index in [0.29, 0.717) is 6.54 Å². The first kappa shape index (κ1) is 14.0. The molecular weight excluding hydrogens is 361 g/mol. The first-order valence-electron chi connectivity index (χ1n) is 5.55. The molecule has 0 saturated carbocycles. The highest BCUT2D eigenvalue weighted by atomic mass is 127. The van der Waals surface area contributed by atoms with Crippen LogP contribution in [0.2, 0.25) is 0 Å². The molecule has 0 amide bonds. The number of benzene rings is 1. The number of halogens is 1. The van der Waals surface area contributed by atoms with Crippen LogP contribution in [-0.2, 0) is 6.54 Å². The van der Waals surface area contributed by atoms with Crippen LogP contribution in [0.4, 0.5) is 0 Å². The van der Waals surface area contributed by atoms with E-state index < -0.39 is 17.5 Å². The standard InChI is InChI=1S/C12H12IN3O3/c13-16-7-9(11(18)15-12(16)19)10(17)14-6-8-4-2-1-3-5-8/h1-5,7,10,14,17H,6H2,(H,15,18,19). The van der Waals surface area contributed by atoms with Gasteiger partial charge in [0, 0.05) is 12.7 Å². The molecule has 0 radical (unpaired) electrons. The molecule has 6 nitrogen and oxygen atoms in total. The number of aromatic amines is 1. The molecule has 0 aliphatic rings. The molecule has 2 aromatic rings. The molecule has 1 aromatic heterocycles. The number of nitrogens with zero attached hydrogens (tertiary/aromatic N) is 1. The Balaban J connectivity index is 2.12. The van der Waals surface area contributed by atoms with Gasteiger partial charge in [-0.2, -0.15) is 0 Å². The minimum absolute atomic E-state index is 0.102. The smallest absolute Gasteiger partial charge is 0.337 e. The van der Waals surface area contributed by atoms with Crippen LogP contribution >= 0.6 is 22.9 Å². The fourth-order valence-electron chi connectivity index (χ4n) is 1.58. The Morgan fingerprint density at radius 1 is 1.32 bits per heavy atom. The van der Waals surface area contributed by atoms with Crippen LogP contribution in [0.3, 0.4) is 0 Å². The van der Waals surface area contributed by atoms with E-state index >= 15 is 0 Å². The van der Waals surface area contributed by atoms with Crippen molar-refractivity contribution in [3.63, 3.8) is 0 Å². The number of hydrogen-bond acceptors (Lipinski definition) is 4. The Bertz CT molecular complexity index is 666. The number of hydrogen-bond donors (Lipinski definition) is 3. The van der Waals surface area contributed by atoms with Crippen LogP contribution in [-0.4, -0.2) is 12.9 Å². The van der Waals surface area contributed by atoms with Crippen molar-refractivity contribution < 1.29 is 5.11 Å². The van der Waals surface area contributed by atoms with Crippen molar-refractivity contribution in [2.24, 2.45) is 0 Å². The summed E-state index contributed by atoms with van der Waals surface area (Å²) in [5.41, 5.74) is -0.0266. The van der Waals surface area contributed by atoms with Gasteiger partial charge in [0.15, 0.2) is 0 Å². The predicted molar refractivity (Wildman–Crippen MR) is 79.0 cm³/mol. The molecule has 1 atom stereocenters. The summed E-state index contributed by atoms with van der Waals surface area (Å²) >= 11 is 1.74. The lowest BCUT2D eigenvalue weighted by Gasteiger charge is -2.12. The van der Waals surface area contributed by atoms with Crippen molar-refractivity contribution >= 4 is 22.9 Å². The highest BCUT2D eigenvalue weighted by Crippen LogP contribution is 2.06. The van der Waals surface area contributed by atoms with E-state index in [4.69, 9.17) is 0 Å². The molecule has 1 aromatic carbocycles. The zero-order valence-corrected chi connectivity index (χ0v) is 12.0. The van der Waals surface area contributed by atoms with Crippen molar-refractivity contribution in [1.82, 2.24) is 13.1 Å². The van der Waals surface area contributed by atoms with Crippen LogP contribution < -0.4 is 16.6 Å². The van der Waals surface area contributed by atoms with E-state index in [0.717, 1.165) is 5.56 Å². The van der Waals surface area contributed by atoms with Crippen molar-refractivity contribution in [3.8, 4) is 0 Å². The monoisotopic (exact) mass is 373 g/mol. The molecule has 100 valence electrons. The third kappa shape index (κ3) is 3.52. The number of aromatic nitrogens is 2. The number of H-pyrrole nitrogens is 1. The number of rotatable bonds is 4. The Morgan fingerprint density at radius 3 is 2.68 bits per heavy atom. The minimum Gasteiger partial charge on any atom is -0.374 e. The molecule has 0 fully saturated rings. The van der Waals surface area contributed by atoms with Crippen molar-refractivity contribution in [2.45, 2.75) is 12.8 Å². The maximum Gasteiger partial charge on any atom is 0.337 e. The lowest BCUT2D eigenvalue weighted by molar-refractivity contribution is 0.135. The van der Waals surface area contributed by atoms with E-state index in [2.05, 4.69) is 10.3 Å². The van der Waals surface area contributed by atoms with Crippen LogP contribution in [0.5, 0.6) is 0 Å². The number of aliphatic hydroxyl groups is 1. The fourth-order valence-corrected chi connectivity index (χ4v) is 2.00. The summed E-state index contributed by atoms with van der Waals surface area (Å²) in [5.74, 6) is 0. The van der Waals surface area contributed by atoms with Gasteiger partial charge in [-0.3, -0.25) is 15.1 Å². The first-order valence-corrected chi connectivity index (χ1v) is 6.52. The fraction of sp³-hybridized carbons (Fsp3) is 0.167. The van der Waals surface area contributed by atoms with E-state index in [9.17, 15) is 14.7 Å². The van der Waals surface area contributed by atoms with E-state index in [-0.39, 0.29) is 5.56 Å². The van der Waals surface area contributed by atoms with Gasteiger partial charge < -0.3 is 5.11 Å². The van der Waals surface area contributed by atoms with Gasteiger partial charge in [-0.05, 0) is 5.56 Å². The second kappa shape index (κ2) is 6.13. The number of nitrogens with one attached hydrogen (secondary N) is 2. The van der Waals surface area contributed by atoms with Gasteiger partial charge in [-0.25, -0.2) is 7.58 Å². The Hall–Kier alpha value is -1.45. The average Bonchev–Trinajstić information content (AvgIpc) is 2.41. The Labute approximate surface area is 122 Å². The van der Waals surface area contributed by atoms with Gasteiger partial charge in [0.1, 0.15) is 6.23 Å². The summed E-state index contributed by atoms with van der Waals surface area (Å²) in [7, 11) is 0. The largest absolute Gasteiger partial charge is 0.374 e. The molecule has 0 aliphatic carbocycles. The van der Waals surface area contributed by atoms with Crippen LogP contribution in [0.1, 0.15) is 17.4 Å². The van der Waals surface area contributed by atoms with Crippen molar-refractivity contribution in [1.29, 1.82) is 0 Å². The molecule has 0 spiro atoms. The molecule has 19 heavy (non-hydrogen) atoms. The normalized spacial score (nSPS) is 12.3. The molecule has 0 saturated heterocycles. The summed E-state index contributed by atoms with van der Waals surface area (Å²) in [4.78, 5) is 24.9. The van der Waals surface area contributed by atoms with Crippen LogP contribution in [0, 0.1) is 0 Å². The van der Waals surface area contributed by atoms with Gasteiger partial charge in [0.25, 0.3) is 5.56 Å². The molecule has 3 N–H and O–H groups in total. The summed E-state index contributed by atoms with van der Waals surface area (Å²) in [6.45, 7) is 0.418. The summed E-state index contributed by atoms with van der Waals surface area (Å²) < 4.78 is 1.18. The lowest BCUT2D eigenvalue weighted by Crippen LogP contribution is -2.33. The van der Waals surface area contributed by atoms with Crippen molar-refractivity contribution in [3.05, 3.63) is 68.5 Å². The second-order valence-electron chi connectivity index (χ2n) is 3.92. The Morgan fingerprint density at radius 2 is 2.00 bits per heavy atom. The highest BCUT2D eigenvalue weighted by Gasteiger charge is 2.12. The van der Waals surface area contributed by atoms with Gasteiger partial charge in [-0.15, -0.1) is 0 Å². The molecule has 0 bridgehead atoms. The number of aliphatic hydroxyl groups excluding tert-OH is 1. The topological polar surface area (TPSA) is 87.1 Å². The Kier molecular flexibility index (Phi) is 4.51. The molecule has 2 rings (SSSR count). The zero-order valence-electron chi connectivity index (χ0n) is 9.84. The summed E-state index contributed by atoms with van der Waals surface area (Å²) in [5, 5.41) is 12.7. The molecule has 7 heteroatoms. The van der Waals surface area contributed by atoms with Gasteiger partial charge in [-0.1, -0.05) is 30.3 Å². The van der Waals surface area contributed by atoms with E-state index in [1.807, 2.05) is 30.3 Å². The SMILES string of the molecule is O=c1[nH]c(=O)n(I)cc1C(O)NCc1ccccc1. The average molecular weight is 373 g/mol. The van der Waals surface area contributed by atoms with Crippen LogP contribution in [0.15, 0.2) is 46.1 Å². The maximum atomic E-state index is 11.6. The van der Waals surface area contributed by atoms with Crippen molar-refractivity contribution in [2.75, 3.05) is 0 Å². The maximum absolute atomic E-state index is 11.6. The van der Waals surface area contributed by atoms with Gasteiger partial charge in [0.05, 0.1) is 28.4 Å². The predicted octanol–water partition coefficient (Wildman–Crippen LogP) is 0.515. The minimum atomic E-state index is -1.13. The van der Waals surface area contributed by atoms with Gasteiger partial charge >= 0.3 is 5.69 Å². The van der Waals surface area contributed by atoms with E-state index in [1.54, 1.807) is 22.9 Å². The zero-order chi connectivity index (χ0) is 13.8. The van der Waals surface area contributed by atoms with E-state index in [1.165, 1.54) is 8.98 Å². The van der Waals surface area contributed by atoms with Crippen LogP contribution in [0.25, 0.3) is 0 Å². The lowest BCUT2D eigenvalue weighted by atomic mass is 10.2. The molecule has 1 heterocycles. The molecular formula is C12H12IN3O3. The molecule has 0 aliphatic heterocycles. The summed E-state index contributed by atoms with van der Waals surface area (Å²) in [6, 6.07) is 9.49. The first-order chi connectivity index (χ1) is 9.08.